The summed E-state index contributed by atoms with van der Waals surface area (Å²) >= 11 is 0. The number of nitrogens with two attached hydrogens (primary N) is 1. The molecule has 0 saturated carbocycles. The normalized spacial score (nSPS) is 25.4. The van der Waals surface area contributed by atoms with Crippen LogP contribution in [0.15, 0.2) is 18.2 Å². The molecule has 2 unspecified atom stereocenters. The highest BCUT2D eigenvalue weighted by atomic mass is 16.6. The fraction of sp³-hybridized carbons (Fsp3) is 0.462. The number of anilines is 1. The van der Waals surface area contributed by atoms with E-state index < -0.39 is 16.4 Å². The number of ether oxygens (including phenoxy) is 1. The fourth-order valence-corrected chi connectivity index (χ4v) is 2.18. The van der Waals surface area contributed by atoms with Crippen molar-refractivity contribution in [3.05, 3.63) is 33.9 Å². The van der Waals surface area contributed by atoms with Crippen LogP contribution >= 0.6 is 0 Å². The van der Waals surface area contributed by atoms with Crippen LogP contribution in [0.25, 0.3) is 0 Å². The zero-order valence-electron chi connectivity index (χ0n) is 11.4. The van der Waals surface area contributed by atoms with Gasteiger partial charge in [0.15, 0.2) is 0 Å². The van der Waals surface area contributed by atoms with Gasteiger partial charge in [0.25, 0.3) is 11.6 Å². The second-order valence-electron chi connectivity index (χ2n) is 5.16. The number of benzene rings is 1. The first-order valence-electron chi connectivity index (χ1n) is 6.31. The summed E-state index contributed by atoms with van der Waals surface area (Å²) in [5, 5.41) is 13.6. The SMILES string of the molecule is CC1OCCC1(C)NC(=O)c1cc([N+](=O)[O-])ccc1N. The molecule has 1 saturated heterocycles. The first-order valence-corrected chi connectivity index (χ1v) is 6.31. The van der Waals surface area contributed by atoms with Crippen molar-refractivity contribution in [1.82, 2.24) is 5.32 Å². The Morgan fingerprint density at radius 2 is 2.30 bits per heavy atom. The van der Waals surface area contributed by atoms with Crippen molar-refractivity contribution < 1.29 is 14.5 Å². The number of rotatable bonds is 3. The smallest absolute Gasteiger partial charge is 0.270 e. The topological polar surface area (TPSA) is 107 Å². The van der Waals surface area contributed by atoms with Gasteiger partial charge in [0.05, 0.1) is 22.1 Å². The quantitative estimate of drug-likeness (QED) is 0.495. The fourth-order valence-electron chi connectivity index (χ4n) is 2.18. The zero-order chi connectivity index (χ0) is 14.9. The lowest BCUT2D eigenvalue weighted by Crippen LogP contribution is -2.50. The first-order chi connectivity index (χ1) is 9.33. The molecule has 20 heavy (non-hydrogen) atoms. The summed E-state index contributed by atoms with van der Waals surface area (Å²) in [6.45, 7) is 4.34. The molecule has 1 amide bonds. The second kappa shape index (κ2) is 5.09. The molecule has 108 valence electrons. The number of hydrogen-bond acceptors (Lipinski definition) is 5. The van der Waals surface area contributed by atoms with E-state index in [1.54, 1.807) is 0 Å². The molecule has 1 aromatic carbocycles. The highest BCUT2D eigenvalue weighted by molar-refractivity contribution is 6.00. The van der Waals surface area contributed by atoms with E-state index in [4.69, 9.17) is 10.5 Å². The average Bonchev–Trinajstić information content (AvgIpc) is 2.69. The summed E-state index contributed by atoms with van der Waals surface area (Å²) in [5.41, 5.74) is 5.40. The van der Waals surface area contributed by atoms with Crippen LogP contribution < -0.4 is 11.1 Å². The Morgan fingerprint density at radius 3 is 2.85 bits per heavy atom. The predicted molar refractivity (Wildman–Crippen MR) is 73.4 cm³/mol. The van der Waals surface area contributed by atoms with Crippen molar-refractivity contribution in [3.63, 3.8) is 0 Å². The van der Waals surface area contributed by atoms with E-state index >= 15 is 0 Å². The highest BCUT2D eigenvalue weighted by Gasteiger charge is 2.38. The molecule has 1 heterocycles. The maximum Gasteiger partial charge on any atom is 0.270 e. The summed E-state index contributed by atoms with van der Waals surface area (Å²) in [6, 6.07) is 3.83. The Bertz CT molecular complexity index is 561. The van der Waals surface area contributed by atoms with Gasteiger partial charge in [-0.3, -0.25) is 14.9 Å². The van der Waals surface area contributed by atoms with Gasteiger partial charge in [0.2, 0.25) is 0 Å². The molecule has 0 aliphatic carbocycles. The zero-order valence-corrected chi connectivity index (χ0v) is 11.4. The Balaban J connectivity index is 2.25. The van der Waals surface area contributed by atoms with E-state index in [2.05, 4.69) is 5.32 Å². The number of nitro groups is 1. The Morgan fingerprint density at radius 1 is 1.60 bits per heavy atom. The number of nitrogen functional groups attached to an aromatic ring is 1. The first kappa shape index (κ1) is 14.3. The largest absolute Gasteiger partial charge is 0.398 e. The van der Waals surface area contributed by atoms with Gasteiger partial charge in [-0.2, -0.15) is 0 Å². The lowest BCUT2D eigenvalue weighted by atomic mass is 9.94. The highest BCUT2D eigenvalue weighted by Crippen LogP contribution is 2.27. The minimum Gasteiger partial charge on any atom is -0.398 e. The van der Waals surface area contributed by atoms with Gasteiger partial charge < -0.3 is 15.8 Å². The molecule has 2 rings (SSSR count). The maximum absolute atomic E-state index is 12.3. The molecule has 0 aromatic heterocycles. The molecular formula is C13H17N3O4. The van der Waals surface area contributed by atoms with Gasteiger partial charge in [-0.25, -0.2) is 0 Å². The van der Waals surface area contributed by atoms with Crippen molar-refractivity contribution in [1.29, 1.82) is 0 Å². The Kier molecular flexibility index (Phi) is 3.63. The predicted octanol–water partition coefficient (Wildman–Crippen LogP) is 1.47. The number of carbonyl (C=O) groups is 1. The van der Waals surface area contributed by atoms with E-state index in [0.717, 1.165) is 0 Å². The molecular weight excluding hydrogens is 262 g/mol. The molecule has 1 aromatic rings. The molecule has 0 bridgehead atoms. The number of non-ortho nitro benzene ring substituents is 1. The van der Waals surface area contributed by atoms with E-state index in [1.165, 1.54) is 18.2 Å². The van der Waals surface area contributed by atoms with E-state index in [0.29, 0.717) is 13.0 Å². The molecule has 1 fully saturated rings. The maximum atomic E-state index is 12.3. The summed E-state index contributed by atoms with van der Waals surface area (Å²) in [7, 11) is 0. The average molecular weight is 279 g/mol. The number of amides is 1. The van der Waals surface area contributed by atoms with E-state index in [1.807, 2.05) is 13.8 Å². The summed E-state index contributed by atoms with van der Waals surface area (Å²) in [4.78, 5) is 22.5. The third kappa shape index (κ3) is 2.57. The number of carbonyl (C=O) groups excluding carboxylic acids is 1. The van der Waals surface area contributed by atoms with Crippen LogP contribution in [0.1, 0.15) is 30.6 Å². The molecule has 3 N–H and O–H groups in total. The van der Waals surface area contributed by atoms with Crippen LogP contribution in [0, 0.1) is 10.1 Å². The van der Waals surface area contributed by atoms with Crippen molar-refractivity contribution in [3.8, 4) is 0 Å². The van der Waals surface area contributed by atoms with E-state index in [-0.39, 0.29) is 23.0 Å². The van der Waals surface area contributed by atoms with Gasteiger partial charge in [-0.15, -0.1) is 0 Å². The van der Waals surface area contributed by atoms with Gasteiger partial charge in [0, 0.05) is 24.4 Å². The number of nitrogens with one attached hydrogen (secondary N) is 1. The van der Waals surface area contributed by atoms with Crippen molar-refractivity contribution in [2.24, 2.45) is 0 Å². The van der Waals surface area contributed by atoms with E-state index in [9.17, 15) is 14.9 Å². The number of nitro benzene ring substituents is 1. The van der Waals surface area contributed by atoms with Gasteiger partial charge in [-0.1, -0.05) is 0 Å². The molecule has 7 nitrogen and oxygen atoms in total. The Hall–Kier alpha value is -2.15. The summed E-state index contributed by atoms with van der Waals surface area (Å²) in [6.07, 6.45) is 0.570. The second-order valence-corrected chi connectivity index (χ2v) is 5.16. The van der Waals surface area contributed by atoms with Crippen molar-refractivity contribution >= 4 is 17.3 Å². The molecule has 0 radical (unpaired) electrons. The monoisotopic (exact) mass is 279 g/mol. The third-order valence-electron chi connectivity index (χ3n) is 3.78. The molecule has 1 aliphatic rings. The lowest BCUT2D eigenvalue weighted by molar-refractivity contribution is -0.384. The van der Waals surface area contributed by atoms with Crippen LogP contribution in [0.2, 0.25) is 0 Å². The molecule has 7 heteroatoms. The van der Waals surface area contributed by atoms with Crippen LogP contribution in [-0.2, 0) is 4.74 Å². The minimum absolute atomic E-state index is 0.111. The van der Waals surface area contributed by atoms with Crippen LogP contribution in [0.3, 0.4) is 0 Å². The van der Waals surface area contributed by atoms with Gasteiger partial charge >= 0.3 is 0 Å². The molecule has 0 spiro atoms. The lowest BCUT2D eigenvalue weighted by Gasteiger charge is -2.29. The molecule has 1 aliphatic heterocycles. The number of nitrogens with zero attached hydrogens (tertiary/aromatic N) is 1. The van der Waals surface area contributed by atoms with Gasteiger partial charge in [0.1, 0.15) is 0 Å². The molecule has 2 atom stereocenters. The summed E-state index contributed by atoms with van der Waals surface area (Å²) in [5.74, 6) is -0.425. The standard InChI is InChI=1S/C13H17N3O4/c1-8-13(2,5-6-20-8)15-12(17)10-7-9(16(18)19)3-4-11(10)14/h3-4,7-8H,5-6,14H2,1-2H3,(H,15,17). The van der Waals surface area contributed by atoms with Crippen molar-refractivity contribution in [2.75, 3.05) is 12.3 Å². The Labute approximate surface area is 116 Å². The third-order valence-corrected chi connectivity index (χ3v) is 3.78. The summed E-state index contributed by atoms with van der Waals surface area (Å²) < 4.78 is 5.44. The van der Waals surface area contributed by atoms with Crippen molar-refractivity contribution in [2.45, 2.75) is 31.9 Å². The van der Waals surface area contributed by atoms with Crippen LogP contribution in [0.4, 0.5) is 11.4 Å². The minimum atomic E-state index is -0.556. The van der Waals surface area contributed by atoms with Crippen LogP contribution in [-0.4, -0.2) is 29.1 Å². The van der Waals surface area contributed by atoms with Gasteiger partial charge in [-0.05, 0) is 26.3 Å². The number of hydrogen-bond donors (Lipinski definition) is 2. The van der Waals surface area contributed by atoms with Crippen LogP contribution in [0.5, 0.6) is 0 Å².